The van der Waals surface area contributed by atoms with Crippen LogP contribution < -0.4 is 4.90 Å². The second-order valence-electron chi connectivity index (χ2n) is 6.34. The Hall–Kier alpha value is -3.56. The Morgan fingerprint density at radius 1 is 1.13 bits per heavy atom. The number of nitrogens with zero attached hydrogens (tertiary/aromatic N) is 3. The molecule has 4 rings (SSSR count). The minimum Gasteiger partial charge on any atom is -0.507 e. The number of hydrogen-bond donors (Lipinski definition) is 1. The van der Waals surface area contributed by atoms with Gasteiger partial charge in [0.1, 0.15) is 5.76 Å². The molecule has 1 atom stereocenters. The Balaban J connectivity index is 1.91. The maximum Gasteiger partial charge on any atom is 0.301 e. The van der Waals surface area contributed by atoms with Crippen molar-refractivity contribution in [3.05, 3.63) is 91.9 Å². The molecule has 2 heterocycles. The fourth-order valence-electron chi connectivity index (χ4n) is 3.22. The molecule has 1 fully saturated rings. The highest BCUT2D eigenvalue weighted by atomic mass is 35.5. The number of benzene rings is 2. The highest BCUT2D eigenvalue weighted by Gasteiger charge is 2.48. The van der Waals surface area contributed by atoms with E-state index >= 15 is 0 Å². The molecule has 10 heteroatoms. The highest BCUT2D eigenvalue weighted by molar-refractivity contribution is 7.14. The molecule has 1 saturated heterocycles. The van der Waals surface area contributed by atoms with Crippen LogP contribution in [0.5, 0.6) is 0 Å². The van der Waals surface area contributed by atoms with E-state index in [0.29, 0.717) is 16.1 Å². The van der Waals surface area contributed by atoms with Crippen LogP contribution in [0.25, 0.3) is 5.76 Å². The van der Waals surface area contributed by atoms with Gasteiger partial charge in [-0.25, -0.2) is 4.98 Å². The van der Waals surface area contributed by atoms with Crippen LogP contribution in [-0.4, -0.2) is 26.7 Å². The third kappa shape index (κ3) is 3.34. The number of aromatic nitrogens is 1. The molecule has 8 nitrogen and oxygen atoms in total. The van der Waals surface area contributed by atoms with Crippen LogP contribution in [0.15, 0.2) is 65.7 Å². The molecule has 2 aromatic carbocycles. The van der Waals surface area contributed by atoms with Crippen LogP contribution in [0.3, 0.4) is 0 Å². The van der Waals surface area contributed by atoms with Crippen molar-refractivity contribution in [3.63, 3.8) is 0 Å². The van der Waals surface area contributed by atoms with Crippen LogP contribution in [0.1, 0.15) is 17.2 Å². The maximum atomic E-state index is 12.9. The lowest BCUT2D eigenvalue weighted by Crippen LogP contribution is -2.29. The number of aliphatic hydroxyl groups excluding tert-OH is 1. The van der Waals surface area contributed by atoms with Gasteiger partial charge < -0.3 is 5.11 Å². The second kappa shape index (κ2) is 7.69. The molecule has 1 unspecified atom stereocenters. The number of halogens is 1. The van der Waals surface area contributed by atoms with Gasteiger partial charge >= 0.3 is 5.91 Å². The van der Waals surface area contributed by atoms with Gasteiger partial charge in [-0.2, -0.15) is 0 Å². The van der Waals surface area contributed by atoms with Crippen LogP contribution >= 0.6 is 22.9 Å². The van der Waals surface area contributed by atoms with Gasteiger partial charge in [0.25, 0.3) is 11.5 Å². The third-order valence-electron chi connectivity index (χ3n) is 4.61. The predicted molar refractivity (Wildman–Crippen MR) is 111 cm³/mol. The molecule has 0 radical (unpaired) electrons. The van der Waals surface area contributed by atoms with Crippen LogP contribution in [0.2, 0.25) is 5.02 Å². The number of carbonyl (C=O) groups is 2. The zero-order valence-corrected chi connectivity index (χ0v) is 16.6. The van der Waals surface area contributed by atoms with Gasteiger partial charge in [-0.3, -0.25) is 24.6 Å². The number of amides is 1. The Bertz CT molecular complexity index is 1170. The fraction of sp³-hybridized carbons (Fsp3) is 0.0500. The van der Waals surface area contributed by atoms with Gasteiger partial charge in [-0.05, 0) is 42.0 Å². The number of aliphatic hydroxyl groups is 1. The molecule has 0 saturated carbocycles. The monoisotopic (exact) mass is 441 g/mol. The van der Waals surface area contributed by atoms with Gasteiger partial charge in [-0.1, -0.05) is 11.6 Å². The Labute approximate surface area is 178 Å². The van der Waals surface area contributed by atoms with E-state index in [1.165, 1.54) is 47.5 Å². The summed E-state index contributed by atoms with van der Waals surface area (Å²) in [6, 6.07) is 10.6. The third-order valence-corrected chi connectivity index (χ3v) is 5.63. The molecule has 0 aliphatic carbocycles. The van der Waals surface area contributed by atoms with Gasteiger partial charge in [0, 0.05) is 34.3 Å². The first kappa shape index (κ1) is 19.7. The van der Waals surface area contributed by atoms with Crippen molar-refractivity contribution in [3.8, 4) is 0 Å². The molecule has 0 spiro atoms. The zero-order valence-electron chi connectivity index (χ0n) is 15.1. The SMILES string of the molecule is O=C1C(=O)N(c2nccs2)C(c2ccc([N+](=O)[O-])cc2)/C1=C(/O)c1ccc(Cl)cc1. The largest absolute Gasteiger partial charge is 0.507 e. The van der Waals surface area contributed by atoms with Crippen molar-refractivity contribution in [1.82, 2.24) is 4.98 Å². The number of anilines is 1. The summed E-state index contributed by atoms with van der Waals surface area (Å²) in [4.78, 5) is 41.5. The number of carbonyl (C=O) groups excluding carboxylic acids is 2. The number of nitro groups is 1. The van der Waals surface area contributed by atoms with Gasteiger partial charge in [0.2, 0.25) is 0 Å². The van der Waals surface area contributed by atoms with Crippen molar-refractivity contribution in [2.75, 3.05) is 4.90 Å². The molecule has 0 bridgehead atoms. The smallest absolute Gasteiger partial charge is 0.301 e. The first-order chi connectivity index (χ1) is 14.4. The summed E-state index contributed by atoms with van der Waals surface area (Å²) in [7, 11) is 0. The van der Waals surface area contributed by atoms with Crippen LogP contribution in [-0.2, 0) is 9.59 Å². The summed E-state index contributed by atoms with van der Waals surface area (Å²) in [5.41, 5.74) is 0.461. The first-order valence-electron chi connectivity index (χ1n) is 8.59. The van der Waals surface area contributed by atoms with E-state index in [4.69, 9.17) is 11.6 Å². The van der Waals surface area contributed by atoms with E-state index in [2.05, 4.69) is 4.98 Å². The standard InChI is InChI=1S/C20H12ClN3O5S/c21-13-5-1-12(2-6-13)17(25)15-16(11-3-7-14(8-4-11)24(28)29)23(19(27)18(15)26)20-22-9-10-30-20/h1-10,16,25H/b17-15-. The summed E-state index contributed by atoms with van der Waals surface area (Å²) in [6.07, 6.45) is 1.49. The predicted octanol–water partition coefficient (Wildman–Crippen LogP) is 4.33. The summed E-state index contributed by atoms with van der Waals surface area (Å²) < 4.78 is 0. The van der Waals surface area contributed by atoms with E-state index in [-0.39, 0.29) is 22.2 Å². The lowest BCUT2D eigenvalue weighted by atomic mass is 9.95. The van der Waals surface area contributed by atoms with E-state index in [0.717, 1.165) is 11.3 Å². The number of hydrogen-bond acceptors (Lipinski definition) is 7. The van der Waals surface area contributed by atoms with Crippen molar-refractivity contribution in [1.29, 1.82) is 0 Å². The van der Waals surface area contributed by atoms with Gasteiger partial charge in [-0.15, -0.1) is 11.3 Å². The zero-order chi connectivity index (χ0) is 21.4. The summed E-state index contributed by atoms with van der Waals surface area (Å²) in [6.45, 7) is 0. The van der Waals surface area contributed by atoms with E-state index in [1.54, 1.807) is 17.5 Å². The van der Waals surface area contributed by atoms with Crippen LogP contribution in [0.4, 0.5) is 10.8 Å². The van der Waals surface area contributed by atoms with E-state index < -0.39 is 22.7 Å². The molecule has 30 heavy (non-hydrogen) atoms. The van der Waals surface area contributed by atoms with Gasteiger partial charge in [0.05, 0.1) is 16.5 Å². The minimum absolute atomic E-state index is 0.133. The molecule has 3 aromatic rings. The average Bonchev–Trinajstić information content (AvgIpc) is 3.35. The fourth-order valence-corrected chi connectivity index (χ4v) is 4.01. The lowest BCUT2D eigenvalue weighted by molar-refractivity contribution is -0.384. The molecule has 1 amide bonds. The van der Waals surface area contributed by atoms with Gasteiger partial charge in [0.15, 0.2) is 5.13 Å². The topological polar surface area (TPSA) is 114 Å². The number of non-ortho nitro benzene ring substituents is 1. The van der Waals surface area contributed by atoms with E-state index in [1.807, 2.05) is 0 Å². The summed E-state index contributed by atoms with van der Waals surface area (Å²) in [5.74, 6) is -2.09. The van der Waals surface area contributed by atoms with E-state index in [9.17, 15) is 24.8 Å². The highest BCUT2D eigenvalue weighted by Crippen LogP contribution is 2.43. The van der Waals surface area contributed by atoms with Crippen molar-refractivity contribution in [2.24, 2.45) is 0 Å². The first-order valence-corrected chi connectivity index (χ1v) is 9.85. The summed E-state index contributed by atoms with van der Waals surface area (Å²) in [5, 5.41) is 24.3. The number of Topliss-reactive ketones (excluding diaryl/α,β-unsaturated/α-hetero) is 1. The molecule has 150 valence electrons. The van der Waals surface area contributed by atoms with Crippen molar-refractivity contribution >= 4 is 51.2 Å². The van der Waals surface area contributed by atoms with Crippen LogP contribution in [0, 0.1) is 10.1 Å². The minimum atomic E-state index is -0.993. The maximum absolute atomic E-state index is 12.9. The number of thiazole rings is 1. The Morgan fingerprint density at radius 2 is 1.80 bits per heavy atom. The average molecular weight is 442 g/mol. The number of rotatable bonds is 4. The van der Waals surface area contributed by atoms with Crippen molar-refractivity contribution < 1.29 is 19.6 Å². The molecule has 1 aliphatic heterocycles. The lowest BCUT2D eigenvalue weighted by Gasteiger charge is -2.22. The second-order valence-corrected chi connectivity index (χ2v) is 7.65. The quantitative estimate of drug-likeness (QED) is 0.212. The molecular weight excluding hydrogens is 430 g/mol. The van der Waals surface area contributed by atoms with Crippen molar-refractivity contribution in [2.45, 2.75) is 6.04 Å². The number of nitro benzene ring substituents is 1. The Kier molecular flexibility index (Phi) is 5.06. The summed E-state index contributed by atoms with van der Waals surface area (Å²) >= 11 is 7.05. The number of ketones is 1. The molecule has 1 N–H and O–H groups in total. The normalized spacial score (nSPS) is 18.0. The molecular formula is C20H12ClN3O5S. The Morgan fingerprint density at radius 3 is 2.37 bits per heavy atom. The molecule has 1 aliphatic rings. The molecule has 1 aromatic heterocycles.